The molecule has 0 saturated carbocycles. The molecular formula is C11H17N3. The number of nitrogens with two attached hydrogens (primary N) is 1. The first-order chi connectivity index (χ1) is 6.88. The van der Waals surface area contributed by atoms with Gasteiger partial charge in [0.25, 0.3) is 0 Å². The van der Waals surface area contributed by atoms with E-state index < -0.39 is 0 Å². The van der Waals surface area contributed by atoms with Crippen LogP contribution >= 0.6 is 0 Å². The van der Waals surface area contributed by atoms with E-state index >= 15 is 0 Å². The van der Waals surface area contributed by atoms with E-state index in [4.69, 9.17) is 5.73 Å². The molecule has 0 aliphatic heterocycles. The summed E-state index contributed by atoms with van der Waals surface area (Å²) in [4.78, 5) is 0. The lowest BCUT2D eigenvalue weighted by molar-refractivity contribution is 0.652. The van der Waals surface area contributed by atoms with Crippen LogP contribution in [0.3, 0.4) is 0 Å². The molecule has 0 fully saturated rings. The zero-order valence-corrected chi connectivity index (χ0v) is 8.66. The van der Waals surface area contributed by atoms with E-state index in [1.54, 1.807) is 6.20 Å². The highest BCUT2D eigenvalue weighted by Crippen LogP contribution is 1.97. The van der Waals surface area contributed by atoms with Gasteiger partial charge < -0.3 is 5.73 Å². The van der Waals surface area contributed by atoms with Gasteiger partial charge in [0.15, 0.2) is 0 Å². The Bertz CT molecular complexity index is 317. The molecule has 0 amide bonds. The van der Waals surface area contributed by atoms with Crippen LogP contribution in [0, 0.1) is 11.8 Å². The van der Waals surface area contributed by atoms with E-state index in [0.29, 0.717) is 0 Å². The molecule has 1 heterocycles. The second kappa shape index (κ2) is 6.22. The Hall–Kier alpha value is -1.27. The summed E-state index contributed by atoms with van der Waals surface area (Å²) in [7, 11) is 0. The highest BCUT2D eigenvalue weighted by molar-refractivity contribution is 5.26. The van der Waals surface area contributed by atoms with Crippen LogP contribution < -0.4 is 5.73 Å². The van der Waals surface area contributed by atoms with Crippen molar-refractivity contribution in [3.63, 3.8) is 0 Å². The lowest BCUT2D eigenvalue weighted by Gasteiger charge is -1.95. The fourth-order valence-corrected chi connectivity index (χ4v) is 1.20. The summed E-state index contributed by atoms with van der Waals surface area (Å²) in [6, 6.07) is 1.94. The summed E-state index contributed by atoms with van der Waals surface area (Å²) in [5, 5.41) is 4.14. The molecular weight excluding hydrogens is 174 g/mol. The predicted molar refractivity (Wildman–Crippen MR) is 57.7 cm³/mol. The Kier molecular flexibility index (Phi) is 4.81. The SMILES string of the molecule is CCn1nccc1C#CCCCCN. The van der Waals surface area contributed by atoms with Crippen molar-refractivity contribution in [2.75, 3.05) is 6.54 Å². The standard InChI is InChI=1S/C11H17N3/c1-2-14-11(8-10-13-14)7-5-3-4-6-9-12/h8,10H,2-4,6,9,12H2,1H3. The van der Waals surface area contributed by atoms with Gasteiger partial charge in [0.2, 0.25) is 0 Å². The summed E-state index contributed by atoms with van der Waals surface area (Å²) in [6.07, 6.45) is 4.85. The van der Waals surface area contributed by atoms with Crippen LogP contribution in [-0.2, 0) is 6.54 Å². The smallest absolute Gasteiger partial charge is 0.111 e. The third-order valence-corrected chi connectivity index (χ3v) is 1.99. The molecule has 2 N–H and O–H groups in total. The fraction of sp³-hybridized carbons (Fsp3) is 0.545. The van der Waals surface area contributed by atoms with E-state index in [1.807, 2.05) is 10.7 Å². The third kappa shape index (κ3) is 3.23. The summed E-state index contributed by atoms with van der Waals surface area (Å²) >= 11 is 0. The molecule has 3 heteroatoms. The van der Waals surface area contributed by atoms with Crippen molar-refractivity contribution < 1.29 is 0 Å². The predicted octanol–water partition coefficient (Wildman–Crippen LogP) is 1.38. The highest BCUT2D eigenvalue weighted by Gasteiger charge is 1.93. The molecule has 0 aliphatic rings. The maximum absolute atomic E-state index is 5.39. The van der Waals surface area contributed by atoms with Crippen LogP contribution in [0.25, 0.3) is 0 Å². The van der Waals surface area contributed by atoms with Crippen LogP contribution in [-0.4, -0.2) is 16.3 Å². The molecule has 0 saturated heterocycles. The maximum atomic E-state index is 5.39. The Morgan fingerprint density at radius 2 is 2.36 bits per heavy atom. The molecule has 0 spiro atoms. The molecule has 1 aromatic heterocycles. The van der Waals surface area contributed by atoms with Crippen LogP contribution in [0.15, 0.2) is 12.3 Å². The minimum absolute atomic E-state index is 0.759. The number of nitrogens with zero attached hydrogens (tertiary/aromatic N) is 2. The molecule has 14 heavy (non-hydrogen) atoms. The van der Waals surface area contributed by atoms with E-state index in [9.17, 15) is 0 Å². The zero-order chi connectivity index (χ0) is 10.2. The van der Waals surface area contributed by atoms with Gasteiger partial charge in [-0.3, -0.25) is 4.68 Å². The van der Waals surface area contributed by atoms with Crippen molar-refractivity contribution in [2.45, 2.75) is 32.7 Å². The Morgan fingerprint density at radius 3 is 3.07 bits per heavy atom. The van der Waals surface area contributed by atoms with Crippen molar-refractivity contribution in [2.24, 2.45) is 5.73 Å². The monoisotopic (exact) mass is 191 g/mol. The average Bonchev–Trinajstić information content (AvgIpc) is 2.65. The molecule has 1 rings (SSSR count). The number of unbranched alkanes of at least 4 members (excludes halogenated alkanes) is 2. The quantitative estimate of drug-likeness (QED) is 0.577. The van der Waals surface area contributed by atoms with Crippen LogP contribution in [0.5, 0.6) is 0 Å². The van der Waals surface area contributed by atoms with Gasteiger partial charge in [-0.05, 0) is 38.3 Å². The van der Waals surface area contributed by atoms with E-state index in [0.717, 1.165) is 38.0 Å². The number of hydrogen-bond acceptors (Lipinski definition) is 2. The number of hydrogen-bond donors (Lipinski definition) is 1. The first-order valence-corrected chi connectivity index (χ1v) is 5.09. The molecule has 76 valence electrons. The van der Waals surface area contributed by atoms with Gasteiger partial charge in [0.1, 0.15) is 5.69 Å². The van der Waals surface area contributed by atoms with Crippen LogP contribution in [0.1, 0.15) is 31.9 Å². The minimum atomic E-state index is 0.759. The molecule has 0 atom stereocenters. The largest absolute Gasteiger partial charge is 0.330 e. The number of rotatable bonds is 4. The van der Waals surface area contributed by atoms with E-state index in [-0.39, 0.29) is 0 Å². The maximum Gasteiger partial charge on any atom is 0.111 e. The van der Waals surface area contributed by atoms with Crippen molar-refractivity contribution >= 4 is 0 Å². The number of aromatic nitrogens is 2. The van der Waals surface area contributed by atoms with Crippen molar-refractivity contribution in [3.8, 4) is 11.8 Å². The molecule has 0 bridgehead atoms. The van der Waals surface area contributed by atoms with Gasteiger partial charge >= 0.3 is 0 Å². The molecule has 0 aromatic carbocycles. The number of aryl methyl sites for hydroxylation is 1. The fourth-order valence-electron chi connectivity index (χ4n) is 1.20. The highest BCUT2D eigenvalue weighted by atomic mass is 15.3. The van der Waals surface area contributed by atoms with E-state index in [2.05, 4.69) is 23.9 Å². The van der Waals surface area contributed by atoms with Gasteiger partial charge in [-0.2, -0.15) is 5.10 Å². The van der Waals surface area contributed by atoms with Gasteiger partial charge in [0.05, 0.1) is 6.20 Å². The minimum Gasteiger partial charge on any atom is -0.330 e. The topological polar surface area (TPSA) is 43.8 Å². The summed E-state index contributed by atoms with van der Waals surface area (Å²) < 4.78 is 1.90. The van der Waals surface area contributed by atoms with Crippen molar-refractivity contribution in [3.05, 3.63) is 18.0 Å². The van der Waals surface area contributed by atoms with Gasteiger partial charge in [-0.25, -0.2) is 0 Å². The molecule has 1 aromatic rings. The van der Waals surface area contributed by atoms with Crippen molar-refractivity contribution in [1.82, 2.24) is 9.78 Å². The lowest BCUT2D eigenvalue weighted by atomic mass is 10.2. The second-order valence-corrected chi connectivity index (χ2v) is 3.08. The summed E-state index contributed by atoms with van der Waals surface area (Å²) in [5.41, 5.74) is 6.39. The molecule has 0 unspecified atom stereocenters. The Balaban J connectivity index is 2.42. The third-order valence-electron chi connectivity index (χ3n) is 1.99. The molecule has 0 aliphatic carbocycles. The van der Waals surface area contributed by atoms with Gasteiger partial charge in [0, 0.05) is 13.0 Å². The van der Waals surface area contributed by atoms with Gasteiger partial charge in [-0.1, -0.05) is 5.92 Å². The van der Waals surface area contributed by atoms with Crippen LogP contribution in [0.4, 0.5) is 0 Å². The average molecular weight is 191 g/mol. The Labute approximate surface area is 85.3 Å². The Morgan fingerprint density at radius 1 is 1.50 bits per heavy atom. The summed E-state index contributed by atoms with van der Waals surface area (Å²) in [5.74, 6) is 6.24. The lowest BCUT2D eigenvalue weighted by Crippen LogP contribution is -1.99. The first-order valence-electron chi connectivity index (χ1n) is 5.09. The molecule has 3 nitrogen and oxygen atoms in total. The van der Waals surface area contributed by atoms with Crippen LogP contribution in [0.2, 0.25) is 0 Å². The van der Waals surface area contributed by atoms with E-state index in [1.165, 1.54) is 0 Å². The normalized spacial score (nSPS) is 9.57. The second-order valence-electron chi connectivity index (χ2n) is 3.08. The zero-order valence-electron chi connectivity index (χ0n) is 8.66. The first kappa shape index (κ1) is 10.8. The summed E-state index contributed by atoms with van der Waals surface area (Å²) in [6.45, 7) is 3.70. The van der Waals surface area contributed by atoms with Crippen molar-refractivity contribution in [1.29, 1.82) is 0 Å². The van der Waals surface area contributed by atoms with Gasteiger partial charge in [-0.15, -0.1) is 0 Å². The molecule has 0 radical (unpaired) electrons.